The summed E-state index contributed by atoms with van der Waals surface area (Å²) >= 11 is 0. The van der Waals surface area contributed by atoms with E-state index in [1.165, 1.54) is 6.07 Å². The molecule has 0 fully saturated rings. The van der Waals surface area contributed by atoms with Crippen LogP contribution in [0.15, 0.2) is 59.0 Å². The summed E-state index contributed by atoms with van der Waals surface area (Å²) < 4.78 is 5.25. The quantitative estimate of drug-likeness (QED) is 0.285. The van der Waals surface area contributed by atoms with Crippen LogP contribution in [0.3, 0.4) is 0 Å². The maximum Gasteiger partial charge on any atom is 0.434 e. The van der Waals surface area contributed by atoms with Crippen LogP contribution in [0.4, 0.5) is 5.88 Å². The van der Waals surface area contributed by atoms with Gasteiger partial charge in [-0.1, -0.05) is 30.3 Å². The van der Waals surface area contributed by atoms with Gasteiger partial charge in [-0.2, -0.15) is 0 Å². The zero-order valence-corrected chi connectivity index (χ0v) is 10.4. The average molecular weight is 263 g/mol. The number of nitro groups is 1. The monoisotopic (exact) mass is 263 g/mol. The highest BCUT2D eigenvalue weighted by molar-refractivity contribution is 6.11. The molecule has 0 bridgehead atoms. The number of furan rings is 1. The van der Waals surface area contributed by atoms with E-state index < -0.39 is 4.92 Å². The summed E-state index contributed by atoms with van der Waals surface area (Å²) in [7, 11) is 0. The maximum absolute atomic E-state index is 10.8. The van der Waals surface area contributed by atoms with Gasteiger partial charge in [-0.05, 0) is 39.7 Å². The molecule has 0 saturated heterocycles. The summed E-state index contributed by atoms with van der Waals surface area (Å²) in [6, 6.07) is 17.4. The number of nitrogens with zero attached hydrogens (tertiary/aromatic N) is 1. The lowest BCUT2D eigenvalue weighted by atomic mass is 10.0. The fourth-order valence-electron chi connectivity index (χ4n) is 2.61. The summed E-state index contributed by atoms with van der Waals surface area (Å²) in [6.07, 6.45) is 0. The Kier molecular flexibility index (Phi) is 2.09. The zero-order valence-electron chi connectivity index (χ0n) is 10.4. The second-order valence-corrected chi connectivity index (χ2v) is 4.74. The zero-order chi connectivity index (χ0) is 13.7. The van der Waals surface area contributed by atoms with Crippen LogP contribution in [0, 0.1) is 10.1 Å². The summed E-state index contributed by atoms with van der Waals surface area (Å²) in [5.41, 5.74) is 0.541. The molecule has 0 atom stereocenters. The van der Waals surface area contributed by atoms with Gasteiger partial charge in [-0.15, -0.1) is 0 Å². The standard InChI is InChI=1S/C16H9NO3/c18-17(19)16-9-14-13-8-11-4-2-1-3-10(11)7-12(13)5-6-15(14)20-16/h1-9H. The second-order valence-electron chi connectivity index (χ2n) is 4.74. The number of fused-ring (bicyclic) bond motifs is 4. The molecular weight excluding hydrogens is 254 g/mol. The smallest absolute Gasteiger partial charge is 0.401 e. The molecule has 20 heavy (non-hydrogen) atoms. The average Bonchev–Trinajstić information content (AvgIpc) is 2.90. The fraction of sp³-hybridized carbons (Fsp3) is 0. The van der Waals surface area contributed by atoms with Crippen molar-refractivity contribution in [2.75, 3.05) is 0 Å². The van der Waals surface area contributed by atoms with Crippen LogP contribution in [0.25, 0.3) is 32.5 Å². The first kappa shape index (κ1) is 11.0. The van der Waals surface area contributed by atoms with Crippen LogP contribution in [-0.4, -0.2) is 4.92 Å². The molecular formula is C16H9NO3. The highest BCUT2D eigenvalue weighted by Gasteiger charge is 2.15. The molecule has 0 N–H and O–H groups in total. The first-order valence-electron chi connectivity index (χ1n) is 6.22. The van der Waals surface area contributed by atoms with Crippen LogP contribution in [-0.2, 0) is 0 Å². The van der Waals surface area contributed by atoms with E-state index in [0.29, 0.717) is 5.58 Å². The van der Waals surface area contributed by atoms with Gasteiger partial charge in [0.15, 0.2) is 0 Å². The maximum atomic E-state index is 10.8. The largest absolute Gasteiger partial charge is 0.434 e. The van der Waals surface area contributed by atoms with Crippen LogP contribution in [0.5, 0.6) is 0 Å². The second kappa shape index (κ2) is 3.81. The Morgan fingerprint density at radius 2 is 1.60 bits per heavy atom. The predicted molar refractivity (Wildman–Crippen MR) is 77.9 cm³/mol. The summed E-state index contributed by atoms with van der Waals surface area (Å²) in [5.74, 6) is -0.222. The molecule has 4 aromatic rings. The third kappa shape index (κ3) is 1.48. The van der Waals surface area contributed by atoms with Crippen molar-refractivity contribution in [1.29, 1.82) is 0 Å². The molecule has 0 saturated carbocycles. The lowest BCUT2D eigenvalue weighted by Crippen LogP contribution is -1.82. The van der Waals surface area contributed by atoms with Crippen molar-refractivity contribution in [2.45, 2.75) is 0 Å². The van der Waals surface area contributed by atoms with Crippen molar-refractivity contribution < 1.29 is 9.34 Å². The van der Waals surface area contributed by atoms with E-state index in [-0.39, 0.29) is 5.88 Å². The third-order valence-electron chi connectivity index (χ3n) is 3.55. The Hall–Kier alpha value is -2.88. The molecule has 0 radical (unpaired) electrons. The lowest BCUT2D eigenvalue weighted by molar-refractivity contribution is -0.401. The van der Waals surface area contributed by atoms with Gasteiger partial charge in [0.1, 0.15) is 10.5 Å². The Balaban J connectivity index is 2.16. The van der Waals surface area contributed by atoms with E-state index in [1.54, 1.807) is 6.07 Å². The molecule has 1 aromatic heterocycles. The van der Waals surface area contributed by atoms with Crippen molar-refractivity contribution in [3.63, 3.8) is 0 Å². The van der Waals surface area contributed by atoms with Gasteiger partial charge in [-0.3, -0.25) is 10.1 Å². The minimum atomic E-state index is -0.507. The summed E-state index contributed by atoms with van der Waals surface area (Å²) in [6.45, 7) is 0. The van der Waals surface area contributed by atoms with E-state index in [9.17, 15) is 10.1 Å². The molecule has 4 nitrogen and oxygen atoms in total. The molecule has 0 aliphatic carbocycles. The predicted octanol–water partition coefficient (Wildman–Crippen LogP) is 4.65. The van der Waals surface area contributed by atoms with Crippen LogP contribution in [0.2, 0.25) is 0 Å². The van der Waals surface area contributed by atoms with E-state index >= 15 is 0 Å². The molecule has 3 aromatic carbocycles. The van der Waals surface area contributed by atoms with Crippen molar-refractivity contribution in [3.8, 4) is 0 Å². The van der Waals surface area contributed by atoms with Crippen LogP contribution < -0.4 is 0 Å². The first-order valence-corrected chi connectivity index (χ1v) is 6.22. The molecule has 4 heteroatoms. The van der Waals surface area contributed by atoms with Crippen LogP contribution >= 0.6 is 0 Å². The van der Waals surface area contributed by atoms with Crippen LogP contribution in [0.1, 0.15) is 0 Å². The third-order valence-corrected chi connectivity index (χ3v) is 3.55. The van der Waals surface area contributed by atoms with Crippen molar-refractivity contribution >= 4 is 38.4 Å². The Bertz CT molecular complexity index is 985. The highest BCUT2D eigenvalue weighted by atomic mass is 16.6. The number of hydrogen-bond acceptors (Lipinski definition) is 3. The normalized spacial score (nSPS) is 11.4. The van der Waals surface area contributed by atoms with Gasteiger partial charge >= 0.3 is 5.88 Å². The summed E-state index contributed by atoms with van der Waals surface area (Å²) in [4.78, 5) is 10.3. The molecule has 0 spiro atoms. The highest BCUT2D eigenvalue weighted by Crippen LogP contribution is 2.33. The van der Waals surface area contributed by atoms with E-state index in [1.807, 2.05) is 30.3 Å². The number of rotatable bonds is 1. The number of hydrogen-bond donors (Lipinski definition) is 0. The van der Waals surface area contributed by atoms with Gasteiger partial charge in [0.25, 0.3) is 0 Å². The van der Waals surface area contributed by atoms with Crippen molar-refractivity contribution in [3.05, 3.63) is 64.7 Å². The van der Waals surface area contributed by atoms with Gasteiger partial charge in [0.2, 0.25) is 0 Å². The molecule has 0 aliphatic heterocycles. The molecule has 1 heterocycles. The number of benzene rings is 3. The van der Waals surface area contributed by atoms with E-state index in [4.69, 9.17) is 4.42 Å². The van der Waals surface area contributed by atoms with E-state index in [2.05, 4.69) is 12.1 Å². The van der Waals surface area contributed by atoms with Gasteiger partial charge < -0.3 is 4.42 Å². The van der Waals surface area contributed by atoms with Crippen molar-refractivity contribution in [2.24, 2.45) is 0 Å². The molecule has 0 amide bonds. The Morgan fingerprint density at radius 3 is 2.35 bits per heavy atom. The molecule has 0 aliphatic rings. The molecule has 0 unspecified atom stereocenters. The fourth-order valence-corrected chi connectivity index (χ4v) is 2.61. The van der Waals surface area contributed by atoms with Gasteiger partial charge in [-0.25, -0.2) is 0 Å². The van der Waals surface area contributed by atoms with Gasteiger partial charge in [0, 0.05) is 5.39 Å². The molecule has 4 rings (SSSR count). The minimum absolute atomic E-state index is 0.222. The van der Waals surface area contributed by atoms with Crippen molar-refractivity contribution in [1.82, 2.24) is 0 Å². The Labute approximate surface area is 113 Å². The first-order chi connectivity index (χ1) is 9.72. The minimum Gasteiger partial charge on any atom is -0.401 e. The summed E-state index contributed by atoms with van der Waals surface area (Å²) in [5, 5.41) is 15.9. The SMILES string of the molecule is O=[N+]([O-])c1cc2c(ccc3cc4ccccc4cc32)o1. The topological polar surface area (TPSA) is 56.3 Å². The van der Waals surface area contributed by atoms with E-state index in [0.717, 1.165) is 26.9 Å². The molecule has 96 valence electrons. The lowest BCUT2D eigenvalue weighted by Gasteiger charge is -2.02. The van der Waals surface area contributed by atoms with Gasteiger partial charge in [0.05, 0.1) is 6.07 Å². The Morgan fingerprint density at radius 1 is 0.850 bits per heavy atom.